The number of aromatic hydroxyl groups is 2. The third kappa shape index (κ3) is 3.15. The maximum Gasteiger partial charge on any atom is 0.306 e. The number of hydrogen-bond acceptors (Lipinski definition) is 6. The zero-order chi connectivity index (χ0) is 17.1. The van der Waals surface area contributed by atoms with Crippen molar-refractivity contribution in [2.45, 2.75) is 19.3 Å². The van der Waals surface area contributed by atoms with Gasteiger partial charge in [-0.3, -0.25) is 14.7 Å². The van der Waals surface area contributed by atoms with Crippen LogP contribution in [0.4, 0.5) is 0 Å². The molecule has 8 nitrogen and oxygen atoms in total. The Balaban J connectivity index is 2.61. The molecule has 0 aliphatic rings. The van der Waals surface area contributed by atoms with Gasteiger partial charge in [0, 0.05) is 17.2 Å². The third-order valence-electron chi connectivity index (χ3n) is 3.66. The largest absolute Gasteiger partial charge is 0.504 e. The van der Waals surface area contributed by atoms with Crippen molar-refractivity contribution < 1.29 is 24.5 Å². The van der Waals surface area contributed by atoms with Gasteiger partial charge in [-0.2, -0.15) is 0 Å². The van der Waals surface area contributed by atoms with E-state index in [-0.39, 0.29) is 17.7 Å². The van der Waals surface area contributed by atoms with Crippen LogP contribution in [0, 0.1) is 6.92 Å². The lowest BCUT2D eigenvalue weighted by molar-refractivity contribution is -0.140. The van der Waals surface area contributed by atoms with Gasteiger partial charge in [-0.1, -0.05) is 0 Å². The molecule has 2 aromatic rings. The molecule has 1 atom stereocenters. The first kappa shape index (κ1) is 16.5. The lowest BCUT2D eigenvalue weighted by atomic mass is 9.88. The van der Waals surface area contributed by atoms with E-state index >= 15 is 0 Å². The standard InChI is InChI=1S/C15H18N2O6/c1-7-13(15(21)17-16-7)9(6-12(19)23-3)8-4-10(18)14(20)11(5-8)22-2/h4-5,9,18,20H,6H2,1-3H3,(H2,16,17,21)/t9-/m0/s1. The average Bonchev–Trinajstić information content (AvgIpc) is 2.86. The summed E-state index contributed by atoms with van der Waals surface area (Å²) in [6, 6.07) is 2.76. The number of phenols is 2. The number of H-pyrrole nitrogens is 2. The summed E-state index contributed by atoms with van der Waals surface area (Å²) in [5.74, 6) is -1.95. The molecule has 0 radical (unpaired) electrons. The summed E-state index contributed by atoms with van der Waals surface area (Å²) in [5.41, 5.74) is 0.983. The maximum atomic E-state index is 12.0. The summed E-state index contributed by atoms with van der Waals surface area (Å²) in [6.07, 6.45) is -0.106. The molecule has 4 N–H and O–H groups in total. The number of carbonyl (C=O) groups excluding carboxylic acids is 1. The predicted octanol–water partition coefficient (Wildman–Crippen LogP) is 1.13. The molecule has 1 aromatic heterocycles. The van der Waals surface area contributed by atoms with Crippen LogP contribution in [0.2, 0.25) is 0 Å². The summed E-state index contributed by atoms with van der Waals surface area (Å²) in [4.78, 5) is 23.8. The molecule has 1 aromatic carbocycles. The Morgan fingerprint density at radius 2 is 1.96 bits per heavy atom. The number of aromatic nitrogens is 2. The number of esters is 1. The SMILES string of the molecule is COC(=O)C[C@@H](c1cc(O)c(O)c(OC)c1)c1c(C)[nH][nH]c1=O. The number of methoxy groups -OCH3 is 2. The minimum atomic E-state index is -0.669. The zero-order valence-corrected chi connectivity index (χ0v) is 13.0. The minimum Gasteiger partial charge on any atom is -0.504 e. The second-order valence-corrected chi connectivity index (χ2v) is 5.04. The molecule has 0 saturated carbocycles. The highest BCUT2D eigenvalue weighted by molar-refractivity contribution is 5.71. The van der Waals surface area contributed by atoms with E-state index in [0.717, 1.165) is 0 Å². The highest BCUT2D eigenvalue weighted by atomic mass is 16.5. The molecule has 0 bridgehead atoms. The number of rotatable bonds is 5. The molecule has 0 fully saturated rings. The van der Waals surface area contributed by atoms with Crippen LogP contribution in [0.15, 0.2) is 16.9 Å². The summed E-state index contributed by atoms with van der Waals surface area (Å²) in [7, 11) is 2.59. The van der Waals surface area contributed by atoms with Crippen molar-refractivity contribution in [3.63, 3.8) is 0 Å². The van der Waals surface area contributed by atoms with Gasteiger partial charge >= 0.3 is 5.97 Å². The fourth-order valence-corrected chi connectivity index (χ4v) is 2.48. The van der Waals surface area contributed by atoms with E-state index in [1.165, 1.54) is 26.4 Å². The predicted molar refractivity (Wildman–Crippen MR) is 81.0 cm³/mol. The van der Waals surface area contributed by atoms with Crippen LogP contribution in [0.5, 0.6) is 17.2 Å². The second kappa shape index (κ2) is 6.47. The number of nitrogens with one attached hydrogen (secondary N) is 2. The van der Waals surface area contributed by atoms with Gasteiger partial charge in [-0.25, -0.2) is 0 Å². The Morgan fingerprint density at radius 1 is 1.26 bits per heavy atom. The lowest BCUT2D eigenvalue weighted by Gasteiger charge is -2.17. The van der Waals surface area contributed by atoms with Gasteiger partial charge in [0.05, 0.1) is 20.6 Å². The monoisotopic (exact) mass is 322 g/mol. The van der Waals surface area contributed by atoms with Crippen molar-refractivity contribution in [3.05, 3.63) is 39.3 Å². The number of aryl methyl sites for hydroxylation is 1. The molecule has 0 aliphatic carbocycles. The normalized spacial score (nSPS) is 12.0. The highest BCUT2D eigenvalue weighted by Gasteiger charge is 2.26. The maximum absolute atomic E-state index is 12.0. The fraction of sp³-hybridized carbons (Fsp3) is 0.333. The topological polar surface area (TPSA) is 125 Å². The molecule has 0 spiro atoms. The van der Waals surface area contributed by atoms with Gasteiger partial charge in [-0.15, -0.1) is 0 Å². The molecule has 124 valence electrons. The first-order chi connectivity index (χ1) is 10.9. The highest BCUT2D eigenvalue weighted by Crippen LogP contribution is 2.40. The number of hydrogen-bond donors (Lipinski definition) is 4. The van der Waals surface area contributed by atoms with E-state index in [1.807, 2.05) is 0 Å². The van der Waals surface area contributed by atoms with Crippen molar-refractivity contribution >= 4 is 5.97 Å². The number of phenolic OH excluding ortho intramolecular Hbond substituents is 2. The van der Waals surface area contributed by atoms with Gasteiger partial charge in [0.2, 0.25) is 5.75 Å². The summed E-state index contributed by atoms with van der Waals surface area (Å²) < 4.78 is 9.69. The molecule has 8 heteroatoms. The molecule has 2 rings (SSSR count). The quantitative estimate of drug-likeness (QED) is 0.483. The summed E-state index contributed by atoms with van der Waals surface area (Å²) in [5, 5.41) is 24.7. The van der Waals surface area contributed by atoms with Gasteiger partial charge in [0.25, 0.3) is 5.56 Å². The molecule has 23 heavy (non-hydrogen) atoms. The number of aromatic amines is 2. The van der Waals surface area contributed by atoms with E-state index in [4.69, 9.17) is 4.74 Å². The summed E-state index contributed by atoms with van der Waals surface area (Å²) in [6.45, 7) is 1.69. The van der Waals surface area contributed by atoms with Gasteiger partial charge in [0.1, 0.15) is 0 Å². The van der Waals surface area contributed by atoms with Crippen molar-refractivity contribution in [2.24, 2.45) is 0 Å². The Hall–Kier alpha value is -2.90. The molecule has 1 heterocycles. The minimum absolute atomic E-state index is 0.0412. The molecular weight excluding hydrogens is 304 g/mol. The Labute approximate surface area is 131 Å². The van der Waals surface area contributed by atoms with Crippen LogP contribution in [-0.2, 0) is 9.53 Å². The molecule has 0 aliphatic heterocycles. The Kier molecular flexibility index (Phi) is 4.63. The number of carbonyl (C=O) groups is 1. The van der Waals surface area contributed by atoms with Crippen molar-refractivity contribution in [1.29, 1.82) is 0 Å². The van der Waals surface area contributed by atoms with Gasteiger partial charge < -0.3 is 24.8 Å². The Morgan fingerprint density at radius 3 is 2.48 bits per heavy atom. The zero-order valence-electron chi connectivity index (χ0n) is 13.0. The van der Waals surface area contributed by atoms with Crippen molar-refractivity contribution in [2.75, 3.05) is 14.2 Å². The van der Waals surface area contributed by atoms with E-state index in [1.54, 1.807) is 6.92 Å². The average molecular weight is 322 g/mol. The lowest BCUT2D eigenvalue weighted by Crippen LogP contribution is -2.17. The summed E-state index contributed by atoms with van der Waals surface area (Å²) >= 11 is 0. The number of ether oxygens (including phenoxy) is 2. The molecular formula is C15H18N2O6. The Bertz CT molecular complexity index is 777. The van der Waals surface area contributed by atoms with E-state index < -0.39 is 23.4 Å². The van der Waals surface area contributed by atoms with Crippen molar-refractivity contribution in [3.8, 4) is 17.2 Å². The molecule has 0 unspecified atom stereocenters. The molecule has 0 amide bonds. The van der Waals surface area contributed by atoms with Gasteiger partial charge in [0.15, 0.2) is 11.5 Å². The molecule has 0 saturated heterocycles. The van der Waals surface area contributed by atoms with Crippen LogP contribution < -0.4 is 10.3 Å². The smallest absolute Gasteiger partial charge is 0.306 e. The van der Waals surface area contributed by atoms with Crippen LogP contribution in [0.25, 0.3) is 0 Å². The second-order valence-electron chi connectivity index (χ2n) is 5.04. The van der Waals surface area contributed by atoms with E-state index in [2.05, 4.69) is 14.9 Å². The van der Waals surface area contributed by atoms with Gasteiger partial charge in [-0.05, 0) is 24.6 Å². The first-order valence-corrected chi connectivity index (χ1v) is 6.82. The van der Waals surface area contributed by atoms with Crippen LogP contribution in [0.1, 0.15) is 29.2 Å². The fourth-order valence-electron chi connectivity index (χ4n) is 2.48. The third-order valence-corrected chi connectivity index (χ3v) is 3.66. The first-order valence-electron chi connectivity index (χ1n) is 6.82. The number of benzene rings is 1. The van der Waals surface area contributed by atoms with Crippen molar-refractivity contribution in [1.82, 2.24) is 10.2 Å². The van der Waals surface area contributed by atoms with E-state index in [9.17, 15) is 19.8 Å². The van der Waals surface area contributed by atoms with Crippen LogP contribution >= 0.6 is 0 Å². The van der Waals surface area contributed by atoms with Crippen LogP contribution in [-0.4, -0.2) is 40.6 Å². The van der Waals surface area contributed by atoms with Crippen LogP contribution in [0.3, 0.4) is 0 Å². The van der Waals surface area contributed by atoms with E-state index in [0.29, 0.717) is 16.8 Å².